The summed E-state index contributed by atoms with van der Waals surface area (Å²) < 4.78 is 0. The molecule has 0 saturated heterocycles. The Hall–Kier alpha value is -1.43. The lowest BCUT2D eigenvalue weighted by atomic mass is 10.0. The minimum Gasteiger partial charge on any atom is -0.394 e. The molecule has 5 heteroatoms. The predicted molar refractivity (Wildman–Crippen MR) is 268 cm³/mol. The van der Waals surface area contributed by atoms with Gasteiger partial charge in [-0.15, -0.1) is 0 Å². The number of unbranched alkanes of at least 4 members (excludes halogenated alkanes) is 36. The molecule has 0 radical (unpaired) electrons. The molecule has 1 amide bonds. The fraction of sp³-hybridized carbons (Fsp3) is 0.875. The molecular formula is C56H107NO4. The number of amides is 1. The van der Waals surface area contributed by atoms with E-state index in [0.29, 0.717) is 12.8 Å². The van der Waals surface area contributed by atoms with Crippen LogP contribution >= 0.6 is 0 Å². The first-order valence-electron chi connectivity index (χ1n) is 27.3. The first kappa shape index (κ1) is 59.6. The molecule has 0 fully saturated rings. The lowest BCUT2D eigenvalue weighted by Gasteiger charge is -2.26. The molecule has 4 N–H and O–H groups in total. The Labute approximate surface area is 381 Å². The van der Waals surface area contributed by atoms with Crippen LogP contribution in [0.3, 0.4) is 0 Å². The molecule has 0 bridgehead atoms. The smallest absolute Gasteiger partial charge is 0.220 e. The maximum Gasteiger partial charge on any atom is 0.220 e. The zero-order valence-corrected chi connectivity index (χ0v) is 41.1. The van der Waals surface area contributed by atoms with Crippen LogP contribution in [-0.2, 0) is 4.79 Å². The van der Waals surface area contributed by atoms with Crippen LogP contribution in [0.4, 0.5) is 0 Å². The highest BCUT2D eigenvalue weighted by Gasteiger charge is 2.26. The van der Waals surface area contributed by atoms with Gasteiger partial charge in [-0.3, -0.25) is 4.79 Å². The van der Waals surface area contributed by atoms with Gasteiger partial charge in [-0.05, 0) is 70.6 Å². The minimum absolute atomic E-state index is 0.155. The predicted octanol–water partition coefficient (Wildman–Crippen LogP) is 16.7. The van der Waals surface area contributed by atoms with Crippen molar-refractivity contribution in [2.75, 3.05) is 6.61 Å². The zero-order valence-electron chi connectivity index (χ0n) is 41.1. The average Bonchev–Trinajstić information content (AvgIpc) is 3.26. The van der Waals surface area contributed by atoms with Gasteiger partial charge >= 0.3 is 0 Å². The largest absolute Gasteiger partial charge is 0.394 e. The monoisotopic (exact) mass is 858 g/mol. The van der Waals surface area contributed by atoms with E-state index in [2.05, 4.69) is 55.6 Å². The van der Waals surface area contributed by atoms with Crippen LogP contribution in [0.2, 0.25) is 0 Å². The van der Waals surface area contributed by atoms with Gasteiger partial charge in [0.1, 0.15) is 6.10 Å². The first-order valence-corrected chi connectivity index (χ1v) is 27.3. The van der Waals surface area contributed by atoms with Gasteiger partial charge in [0.25, 0.3) is 0 Å². The maximum absolute atomic E-state index is 12.4. The molecule has 0 aromatic rings. The second-order valence-electron chi connectivity index (χ2n) is 18.8. The van der Waals surface area contributed by atoms with E-state index >= 15 is 0 Å². The second-order valence-corrected chi connectivity index (χ2v) is 18.8. The van der Waals surface area contributed by atoms with Crippen LogP contribution in [0.15, 0.2) is 36.5 Å². The lowest BCUT2D eigenvalue weighted by molar-refractivity contribution is -0.124. The number of carbonyl (C=O) groups is 1. The molecule has 0 heterocycles. The molecule has 0 aliphatic carbocycles. The molecule has 3 unspecified atom stereocenters. The molecule has 5 nitrogen and oxygen atoms in total. The standard InChI is InChI=1S/C56H107NO4/c1-3-5-7-9-11-13-14-15-16-17-18-19-20-21-22-23-24-25-26-27-28-29-30-31-32-33-34-35-36-37-38-39-40-41-42-43-45-47-49-51-55(60)57-53(52-58)56(61)54(59)50-48-46-44-12-10-8-6-4-2/h12,24-25,27-28,44,53-54,56,58-59,61H,3-11,13-23,26,29-43,45-52H2,1-2H3,(H,57,60)/b25-24-,28-27-,44-12+. The van der Waals surface area contributed by atoms with Gasteiger partial charge in [-0.2, -0.15) is 0 Å². The lowest BCUT2D eigenvalue weighted by Crippen LogP contribution is -2.50. The highest BCUT2D eigenvalue weighted by Crippen LogP contribution is 2.17. The number of aliphatic hydroxyl groups excluding tert-OH is 3. The number of carbonyl (C=O) groups excluding carboxylic acids is 1. The van der Waals surface area contributed by atoms with Gasteiger partial charge < -0.3 is 20.6 Å². The fourth-order valence-corrected chi connectivity index (χ4v) is 8.49. The molecule has 61 heavy (non-hydrogen) atoms. The quantitative estimate of drug-likeness (QED) is 0.0362. The molecule has 0 aromatic heterocycles. The van der Waals surface area contributed by atoms with E-state index in [9.17, 15) is 20.1 Å². The molecular weight excluding hydrogens is 751 g/mol. The summed E-state index contributed by atoms with van der Waals surface area (Å²) in [6, 6.07) is -0.823. The second kappa shape index (κ2) is 51.2. The third-order valence-electron chi connectivity index (χ3n) is 12.7. The Morgan fingerprint density at radius 2 is 0.705 bits per heavy atom. The van der Waals surface area contributed by atoms with E-state index in [1.54, 1.807) is 0 Å². The number of rotatable bonds is 50. The Balaban J connectivity index is 3.42. The van der Waals surface area contributed by atoms with Gasteiger partial charge in [0.15, 0.2) is 0 Å². The molecule has 3 atom stereocenters. The van der Waals surface area contributed by atoms with Gasteiger partial charge in [-0.25, -0.2) is 0 Å². The molecule has 0 aliphatic heterocycles. The third kappa shape index (κ3) is 46.4. The molecule has 360 valence electrons. The first-order chi connectivity index (χ1) is 30.1. The van der Waals surface area contributed by atoms with Crippen LogP contribution in [0.25, 0.3) is 0 Å². The van der Waals surface area contributed by atoms with Crippen molar-refractivity contribution in [3.05, 3.63) is 36.5 Å². The van der Waals surface area contributed by atoms with Gasteiger partial charge in [0.2, 0.25) is 5.91 Å². The molecule has 0 aliphatic rings. The van der Waals surface area contributed by atoms with Gasteiger partial charge in [0.05, 0.1) is 18.8 Å². The van der Waals surface area contributed by atoms with Crippen LogP contribution in [0, 0.1) is 0 Å². The van der Waals surface area contributed by atoms with Gasteiger partial charge in [0, 0.05) is 6.42 Å². The summed E-state index contributed by atoms with van der Waals surface area (Å²) in [6.07, 6.45) is 66.3. The summed E-state index contributed by atoms with van der Waals surface area (Å²) in [5.74, 6) is -0.155. The number of nitrogens with one attached hydrogen (secondary N) is 1. The Morgan fingerprint density at radius 3 is 1.08 bits per heavy atom. The summed E-state index contributed by atoms with van der Waals surface area (Å²) in [7, 11) is 0. The van der Waals surface area contributed by atoms with Crippen LogP contribution in [0.1, 0.15) is 290 Å². The van der Waals surface area contributed by atoms with Crippen molar-refractivity contribution >= 4 is 5.91 Å². The molecule has 0 aromatic carbocycles. The highest BCUT2D eigenvalue weighted by atomic mass is 16.3. The number of hydrogen-bond acceptors (Lipinski definition) is 4. The van der Waals surface area contributed by atoms with Crippen molar-refractivity contribution in [1.82, 2.24) is 5.32 Å². The zero-order chi connectivity index (χ0) is 44.4. The van der Waals surface area contributed by atoms with Crippen molar-refractivity contribution in [3.8, 4) is 0 Å². The van der Waals surface area contributed by atoms with E-state index in [-0.39, 0.29) is 12.5 Å². The third-order valence-corrected chi connectivity index (χ3v) is 12.7. The molecule has 0 spiro atoms. The SMILES string of the molecule is CCCCC/C=C/CCCC(O)C(O)C(CO)NC(=O)CCCCCCCCCCCCCCCCCCC/C=C\C/C=C\CCCCCCCCCCCCCCCCC. The summed E-state index contributed by atoms with van der Waals surface area (Å²) >= 11 is 0. The molecule has 0 rings (SSSR count). The molecule has 0 saturated carbocycles. The van der Waals surface area contributed by atoms with Crippen LogP contribution < -0.4 is 5.32 Å². The van der Waals surface area contributed by atoms with E-state index in [1.165, 1.54) is 218 Å². The Morgan fingerprint density at radius 1 is 0.410 bits per heavy atom. The van der Waals surface area contributed by atoms with Crippen molar-refractivity contribution in [2.24, 2.45) is 0 Å². The summed E-state index contributed by atoms with van der Waals surface area (Å²) in [5.41, 5.74) is 0. The number of hydrogen-bond donors (Lipinski definition) is 4. The van der Waals surface area contributed by atoms with Crippen LogP contribution in [0.5, 0.6) is 0 Å². The van der Waals surface area contributed by atoms with E-state index in [4.69, 9.17) is 0 Å². The summed E-state index contributed by atoms with van der Waals surface area (Å²) in [5, 5.41) is 33.3. The van der Waals surface area contributed by atoms with E-state index in [0.717, 1.165) is 44.9 Å². The Kier molecular flexibility index (Phi) is 50.0. The van der Waals surface area contributed by atoms with Crippen molar-refractivity contribution in [2.45, 2.75) is 308 Å². The van der Waals surface area contributed by atoms with Crippen LogP contribution in [-0.4, -0.2) is 46.1 Å². The fourth-order valence-electron chi connectivity index (χ4n) is 8.49. The topological polar surface area (TPSA) is 89.8 Å². The van der Waals surface area contributed by atoms with Crippen molar-refractivity contribution in [3.63, 3.8) is 0 Å². The maximum atomic E-state index is 12.4. The number of aliphatic hydroxyl groups is 3. The Bertz CT molecular complexity index is 947. The summed E-state index contributed by atoms with van der Waals surface area (Å²) in [6.45, 7) is 4.12. The van der Waals surface area contributed by atoms with E-state index in [1.807, 2.05) is 0 Å². The summed E-state index contributed by atoms with van der Waals surface area (Å²) in [4.78, 5) is 12.4. The average molecular weight is 858 g/mol. The van der Waals surface area contributed by atoms with Gasteiger partial charge in [-0.1, -0.05) is 249 Å². The highest BCUT2D eigenvalue weighted by molar-refractivity contribution is 5.76. The number of allylic oxidation sites excluding steroid dienone is 6. The normalized spacial score (nSPS) is 13.6. The minimum atomic E-state index is -1.16. The van der Waals surface area contributed by atoms with E-state index < -0.39 is 18.2 Å². The van der Waals surface area contributed by atoms with Crippen molar-refractivity contribution < 1.29 is 20.1 Å². The van der Waals surface area contributed by atoms with Crippen molar-refractivity contribution in [1.29, 1.82) is 0 Å².